The molecule has 0 aliphatic carbocycles. The Bertz CT molecular complexity index is 1720. The lowest BCUT2D eigenvalue weighted by atomic mass is 9.85. The van der Waals surface area contributed by atoms with E-state index in [0.717, 1.165) is 33.0 Å². The third kappa shape index (κ3) is 5.06. The molecule has 2 heterocycles. The van der Waals surface area contributed by atoms with Crippen LogP contribution in [-0.2, 0) is 5.41 Å². The molecule has 1 N–H and O–H groups in total. The van der Waals surface area contributed by atoms with Crippen LogP contribution in [0.1, 0.15) is 26.3 Å². The van der Waals surface area contributed by atoms with Gasteiger partial charge in [-0.25, -0.2) is 0 Å². The average Bonchev–Trinajstić information content (AvgIpc) is 3.03. The van der Waals surface area contributed by atoms with E-state index in [1.54, 1.807) is 6.07 Å². The summed E-state index contributed by atoms with van der Waals surface area (Å²) < 4.78 is 0. The molecule has 0 spiro atoms. The third-order valence-electron chi connectivity index (χ3n) is 7.93. The molecule has 6 aromatic rings. The Morgan fingerprint density at radius 3 is 1.83 bits per heavy atom. The predicted octanol–water partition coefficient (Wildman–Crippen LogP) is 6.19. The van der Waals surface area contributed by atoms with E-state index in [9.17, 15) is 5.11 Å². The van der Waals surface area contributed by atoms with Gasteiger partial charge < -0.3 is 5.11 Å². The Balaban J connectivity index is 1.55. The minimum absolute atomic E-state index is 0.0236. The molecule has 0 saturated heterocycles. The van der Waals surface area contributed by atoms with Crippen molar-refractivity contribution in [3.63, 3.8) is 0 Å². The van der Waals surface area contributed by atoms with E-state index in [4.69, 9.17) is 9.97 Å². The van der Waals surface area contributed by atoms with Gasteiger partial charge in [0.2, 0.25) is 8.07 Å². The third-order valence-corrected chi connectivity index (χ3v) is 12.4. The average molecular weight is 563 g/mol. The summed E-state index contributed by atoms with van der Waals surface area (Å²) in [6.07, 6.45) is 1.88. The summed E-state index contributed by atoms with van der Waals surface area (Å²) in [5.41, 5.74) is 4.83. The van der Waals surface area contributed by atoms with E-state index in [2.05, 4.69) is 136 Å². The van der Waals surface area contributed by atoms with E-state index in [-0.39, 0.29) is 11.2 Å². The summed E-state index contributed by atoms with van der Waals surface area (Å²) in [6.45, 7) is 6.56. The van der Waals surface area contributed by atoms with Gasteiger partial charge >= 0.3 is 0 Å². The molecule has 3 nitrogen and oxygen atoms in total. The van der Waals surface area contributed by atoms with Gasteiger partial charge in [-0.05, 0) is 69.4 Å². The zero-order valence-electron chi connectivity index (χ0n) is 24.2. The first-order valence-electron chi connectivity index (χ1n) is 14.3. The molecular formula is C38H34N2OSi. The Morgan fingerprint density at radius 1 is 0.571 bits per heavy atom. The molecule has 0 amide bonds. The van der Waals surface area contributed by atoms with Crippen LogP contribution in [0.3, 0.4) is 0 Å². The van der Waals surface area contributed by atoms with Crippen LogP contribution in [0.15, 0.2) is 146 Å². The van der Waals surface area contributed by atoms with Crippen molar-refractivity contribution in [2.45, 2.75) is 26.2 Å². The highest BCUT2D eigenvalue weighted by molar-refractivity contribution is 7.19. The number of hydrogen-bond donors (Lipinski definition) is 1. The first kappa shape index (κ1) is 27.4. The highest BCUT2D eigenvalue weighted by Crippen LogP contribution is 2.35. The van der Waals surface area contributed by atoms with Crippen molar-refractivity contribution in [3.05, 3.63) is 151 Å². The zero-order valence-corrected chi connectivity index (χ0v) is 25.2. The summed E-state index contributed by atoms with van der Waals surface area (Å²) in [5, 5.41) is 15.4. The van der Waals surface area contributed by atoms with E-state index >= 15 is 0 Å². The summed E-state index contributed by atoms with van der Waals surface area (Å²) >= 11 is 0. The second-order valence-corrected chi connectivity index (χ2v) is 15.3. The van der Waals surface area contributed by atoms with E-state index < -0.39 is 8.07 Å². The molecule has 0 unspecified atom stereocenters. The van der Waals surface area contributed by atoms with Gasteiger partial charge in [-0.1, -0.05) is 118 Å². The number of phenolic OH excluding ortho intramolecular Hbond substituents is 1. The summed E-state index contributed by atoms with van der Waals surface area (Å²) in [6, 6.07) is 48.2. The smallest absolute Gasteiger partial charge is 0.223 e. The Hall–Kier alpha value is -4.80. The maximum Gasteiger partial charge on any atom is 0.223 e. The van der Waals surface area contributed by atoms with Gasteiger partial charge in [0, 0.05) is 28.0 Å². The summed E-state index contributed by atoms with van der Waals surface area (Å²) in [5.74, 6) is 0.275. The lowest BCUT2D eigenvalue weighted by Gasteiger charge is -2.32. The van der Waals surface area contributed by atoms with Gasteiger partial charge in [-0.15, -0.1) is 0 Å². The lowest BCUT2D eigenvalue weighted by molar-refractivity contribution is 0.476. The van der Waals surface area contributed by atoms with Crippen LogP contribution in [0.2, 0.25) is 0 Å². The number of aromatic hydroxyl groups is 1. The lowest BCUT2D eigenvalue weighted by Crippen LogP contribution is -2.76. The van der Waals surface area contributed by atoms with Crippen LogP contribution in [0.4, 0.5) is 0 Å². The van der Waals surface area contributed by atoms with Crippen molar-refractivity contribution < 1.29 is 5.11 Å². The Morgan fingerprint density at radius 2 is 1.19 bits per heavy atom. The van der Waals surface area contributed by atoms with Crippen molar-refractivity contribution in [2.24, 2.45) is 0 Å². The van der Waals surface area contributed by atoms with Gasteiger partial charge in [0.1, 0.15) is 5.75 Å². The van der Waals surface area contributed by atoms with Crippen LogP contribution in [-0.4, -0.2) is 23.1 Å². The second kappa shape index (κ2) is 11.2. The number of hydrogen-bond acceptors (Lipinski definition) is 3. The van der Waals surface area contributed by atoms with Crippen molar-refractivity contribution in [2.75, 3.05) is 0 Å². The molecule has 42 heavy (non-hydrogen) atoms. The number of pyridine rings is 2. The van der Waals surface area contributed by atoms with Crippen molar-refractivity contribution in [1.29, 1.82) is 0 Å². The van der Waals surface area contributed by atoms with E-state index in [1.165, 1.54) is 15.9 Å². The van der Waals surface area contributed by atoms with Crippen LogP contribution in [0.25, 0.3) is 22.4 Å². The van der Waals surface area contributed by atoms with Crippen LogP contribution in [0, 0.1) is 0 Å². The molecule has 0 aliphatic heterocycles. The topological polar surface area (TPSA) is 46.0 Å². The van der Waals surface area contributed by atoms with Crippen molar-refractivity contribution in [1.82, 2.24) is 9.97 Å². The molecule has 206 valence electrons. The van der Waals surface area contributed by atoms with Crippen LogP contribution < -0.4 is 21.0 Å². The van der Waals surface area contributed by atoms with E-state index in [0.29, 0.717) is 0 Å². The molecule has 6 rings (SSSR count). The first-order chi connectivity index (χ1) is 20.4. The summed E-state index contributed by atoms with van der Waals surface area (Å²) in [7, 11) is -2.84. The minimum atomic E-state index is -2.84. The van der Waals surface area contributed by atoms with Gasteiger partial charge in [0.25, 0.3) is 0 Å². The number of benzene rings is 4. The first-order valence-corrected chi connectivity index (χ1v) is 16.3. The fraction of sp³-hybridized carbons (Fsp3) is 0.105. The quantitative estimate of drug-likeness (QED) is 0.246. The van der Waals surface area contributed by atoms with Crippen LogP contribution in [0.5, 0.6) is 5.75 Å². The number of phenols is 1. The Labute approximate surface area is 249 Å². The van der Waals surface area contributed by atoms with Crippen molar-refractivity contribution >= 4 is 29.1 Å². The second-order valence-electron chi connectivity index (χ2n) is 11.7. The monoisotopic (exact) mass is 562 g/mol. The number of rotatable bonds is 6. The molecule has 0 atom stereocenters. The molecule has 0 aliphatic rings. The maximum atomic E-state index is 10.8. The molecule has 0 radical (unpaired) electrons. The predicted molar refractivity (Wildman–Crippen MR) is 177 cm³/mol. The van der Waals surface area contributed by atoms with Gasteiger partial charge in [0.15, 0.2) is 0 Å². The normalized spacial score (nSPS) is 11.8. The fourth-order valence-corrected chi connectivity index (χ4v) is 10.1. The zero-order chi connectivity index (χ0) is 29.2. The van der Waals surface area contributed by atoms with Gasteiger partial charge in [-0.3, -0.25) is 9.97 Å². The minimum Gasteiger partial charge on any atom is -0.507 e. The summed E-state index contributed by atoms with van der Waals surface area (Å²) in [4.78, 5) is 10.4. The maximum absolute atomic E-state index is 10.8. The van der Waals surface area contributed by atoms with Gasteiger partial charge in [-0.2, -0.15) is 0 Å². The van der Waals surface area contributed by atoms with E-state index in [1.807, 2.05) is 24.4 Å². The number of aromatic nitrogens is 2. The fourth-order valence-electron chi connectivity index (χ4n) is 5.73. The SMILES string of the molecule is CC(C)(C)c1ccc(O)c(-c2cccc(-c3cccc([Si](c4ccccc4)(c4ccccc4)c4ccccn4)n3)c2)c1. The largest absolute Gasteiger partial charge is 0.507 e. The molecule has 0 saturated carbocycles. The molecule has 4 heteroatoms. The number of nitrogens with zero attached hydrogens (tertiary/aromatic N) is 2. The van der Waals surface area contributed by atoms with Gasteiger partial charge in [0.05, 0.1) is 5.69 Å². The molecule has 0 bridgehead atoms. The molecule has 0 fully saturated rings. The molecular weight excluding hydrogens is 529 g/mol. The molecule has 4 aromatic carbocycles. The highest BCUT2D eigenvalue weighted by atomic mass is 28.3. The highest BCUT2D eigenvalue weighted by Gasteiger charge is 2.44. The van der Waals surface area contributed by atoms with Crippen LogP contribution >= 0.6 is 0 Å². The van der Waals surface area contributed by atoms with Crippen molar-refractivity contribution in [3.8, 4) is 28.1 Å². The molecule has 2 aromatic heterocycles. The Kier molecular flexibility index (Phi) is 7.32. The standard InChI is InChI=1S/C38H34N2OSi/c1-38(2,3)30-23-24-35(41)33(27-30)28-14-12-15-29(26-28)34-20-13-22-37(40-34)42(31-16-6-4-7-17-31,32-18-8-5-9-19-32)36-21-10-11-25-39-36/h4-27,41H,1-3H3.